The van der Waals surface area contributed by atoms with Crippen molar-refractivity contribution in [2.75, 3.05) is 13.6 Å². The summed E-state index contributed by atoms with van der Waals surface area (Å²) in [7, 11) is 0. The Labute approximate surface area is 138 Å². The number of fused-ring (bicyclic) bond motifs is 2. The summed E-state index contributed by atoms with van der Waals surface area (Å²) in [4.78, 5) is 11.9. The first-order valence-corrected chi connectivity index (χ1v) is 7.70. The number of carbonyl (C=O) groups excluding carboxylic acids is 1. The highest BCUT2D eigenvalue weighted by atomic mass is 16.7. The van der Waals surface area contributed by atoms with Crippen molar-refractivity contribution in [3.63, 3.8) is 0 Å². The minimum absolute atomic E-state index is 0.219. The molecule has 4 rings (SSSR count). The molecule has 24 heavy (non-hydrogen) atoms. The number of hydrogen-bond donors (Lipinski definition) is 0. The van der Waals surface area contributed by atoms with Crippen molar-refractivity contribution in [3.8, 4) is 23.0 Å². The van der Waals surface area contributed by atoms with Crippen LogP contribution in [0.15, 0.2) is 36.4 Å². The molecule has 0 amide bonds. The maximum absolute atomic E-state index is 11.9. The predicted octanol–water partition coefficient (Wildman–Crippen LogP) is 2.82. The fraction of sp³-hybridized carbons (Fsp3) is 0.278. The Bertz CT molecular complexity index is 707. The summed E-state index contributed by atoms with van der Waals surface area (Å²) in [5.41, 5.74) is 1.88. The van der Waals surface area contributed by atoms with Crippen LogP contribution in [0, 0.1) is 0 Å². The van der Waals surface area contributed by atoms with Gasteiger partial charge < -0.3 is 23.7 Å². The van der Waals surface area contributed by atoms with E-state index in [0.717, 1.165) is 22.6 Å². The summed E-state index contributed by atoms with van der Waals surface area (Å²) in [6.07, 6.45) is 0.904. The van der Waals surface area contributed by atoms with Crippen molar-refractivity contribution in [1.29, 1.82) is 0 Å². The van der Waals surface area contributed by atoms with Crippen molar-refractivity contribution in [1.82, 2.24) is 0 Å². The van der Waals surface area contributed by atoms with Gasteiger partial charge in [-0.25, -0.2) is 0 Å². The maximum Gasteiger partial charge on any atom is 0.306 e. The number of rotatable bonds is 5. The molecule has 0 aromatic heterocycles. The molecule has 0 bridgehead atoms. The highest BCUT2D eigenvalue weighted by Gasteiger charge is 2.15. The van der Waals surface area contributed by atoms with Gasteiger partial charge in [-0.15, -0.1) is 0 Å². The summed E-state index contributed by atoms with van der Waals surface area (Å²) in [5.74, 6) is 2.62. The lowest BCUT2D eigenvalue weighted by molar-refractivity contribution is -0.144. The van der Waals surface area contributed by atoms with Crippen LogP contribution >= 0.6 is 0 Å². The largest absolute Gasteiger partial charge is 0.461 e. The zero-order valence-corrected chi connectivity index (χ0v) is 12.9. The van der Waals surface area contributed by atoms with E-state index in [2.05, 4.69) is 0 Å². The van der Waals surface area contributed by atoms with Crippen molar-refractivity contribution in [3.05, 3.63) is 47.5 Å². The lowest BCUT2D eigenvalue weighted by Gasteiger charge is -2.06. The fourth-order valence-electron chi connectivity index (χ4n) is 2.61. The molecule has 6 heteroatoms. The SMILES string of the molecule is O=C(CCc1ccc2c(c1)OCO2)OCc1ccc2c(c1)OCO2. The van der Waals surface area contributed by atoms with Crippen LogP contribution < -0.4 is 18.9 Å². The first-order valence-electron chi connectivity index (χ1n) is 7.70. The van der Waals surface area contributed by atoms with Gasteiger partial charge in [-0.2, -0.15) is 0 Å². The summed E-state index contributed by atoms with van der Waals surface area (Å²) >= 11 is 0. The first-order chi connectivity index (χ1) is 11.8. The molecule has 2 aromatic carbocycles. The molecule has 0 saturated carbocycles. The van der Waals surface area contributed by atoms with Crippen molar-refractivity contribution in [2.45, 2.75) is 19.4 Å². The smallest absolute Gasteiger partial charge is 0.306 e. The van der Waals surface area contributed by atoms with E-state index in [9.17, 15) is 4.79 Å². The Morgan fingerprint density at radius 2 is 1.42 bits per heavy atom. The van der Waals surface area contributed by atoms with Crippen molar-refractivity contribution >= 4 is 5.97 Å². The first kappa shape index (κ1) is 14.7. The second kappa shape index (κ2) is 6.31. The second-order valence-electron chi connectivity index (χ2n) is 5.54. The van der Waals surface area contributed by atoms with Gasteiger partial charge in [0.25, 0.3) is 0 Å². The second-order valence-corrected chi connectivity index (χ2v) is 5.54. The number of ether oxygens (including phenoxy) is 5. The molecule has 6 nitrogen and oxygen atoms in total. The molecule has 0 unspecified atom stereocenters. The lowest BCUT2D eigenvalue weighted by atomic mass is 10.1. The highest BCUT2D eigenvalue weighted by molar-refractivity contribution is 5.69. The quantitative estimate of drug-likeness (QED) is 0.787. The van der Waals surface area contributed by atoms with Gasteiger partial charge in [0.1, 0.15) is 6.61 Å². The average molecular weight is 328 g/mol. The Morgan fingerprint density at radius 3 is 2.12 bits per heavy atom. The van der Waals surface area contributed by atoms with Crippen LogP contribution in [0.5, 0.6) is 23.0 Å². The molecule has 0 aliphatic carbocycles. The van der Waals surface area contributed by atoms with E-state index in [-0.39, 0.29) is 26.2 Å². The van der Waals surface area contributed by atoms with Gasteiger partial charge in [-0.3, -0.25) is 4.79 Å². The van der Waals surface area contributed by atoms with Crippen LogP contribution in [-0.2, 0) is 22.6 Å². The minimum atomic E-state index is -0.245. The normalized spacial score (nSPS) is 13.8. The predicted molar refractivity (Wildman–Crippen MR) is 83.2 cm³/mol. The summed E-state index contributed by atoms with van der Waals surface area (Å²) < 4.78 is 26.5. The van der Waals surface area contributed by atoms with Crippen LogP contribution in [0.2, 0.25) is 0 Å². The molecule has 2 aromatic rings. The number of aryl methyl sites for hydroxylation is 1. The minimum Gasteiger partial charge on any atom is -0.461 e. The molecule has 0 atom stereocenters. The number of carbonyl (C=O) groups is 1. The van der Waals surface area contributed by atoms with E-state index in [0.29, 0.717) is 24.3 Å². The lowest BCUT2D eigenvalue weighted by Crippen LogP contribution is -2.06. The molecule has 0 spiro atoms. The Balaban J connectivity index is 1.28. The maximum atomic E-state index is 11.9. The van der Waals surface area contributed by atoms with E-state index < -0.39 is 0 Å². The van der Waals surface area contributed by atoms with Gasteiger partial charge in [0.05, 0.1) is 0 Å². The third-order valence-corrected chi connectivity index (χ3v) is 3.89. The Morgan fingerprint density at radius 1 is 0.833 bits per heavy atom. The summed E-state index contributed by atoms with van der Waals surface area (Å²) in [6.45, 7) is 0.696. The van der Waals surface area contributed by atoms with E-state index in [4.69, 9.17) is 23.7 Å². The monoisotopic (exact) mass is 328 g/mol. The third-order valence-electron chi connectivity index (χ3n) is 3.89. The number of benzene rings is 2. The van der Waals surface area contributed by atoms with Crippen molar-refractivity contribution in [2.24, 2.45) is 0 Å². The van der Waals surface area contributed by atoms with Gasteiger partial charge in [0, 0.05) is 6.42 Å². The molecule has 2 aliphatic rings. The van der Waals surface area contributed by atoms with Gasteiger partial charge in [-0.05, 0) is 41.8 Å². The van der Waals surface area contributed by atoms with Crippen molar-refractivity contribution < 1.29 is 28.5 Å². The van der Waals surface area contributed by atoms with Gasteiger partial charge in [0.2, 0.25) is 13.6 Å². The van der Waals surface area contributed by atoms with Crippen LogP contribution in [0.25, 0.3) is 0 Å². The van der Waals surface area contributed by atoms with E-state index in [1.165, 1.54) is 0 Å². The van der Waals surface area contributed by atoms with Gasteiger partial charge in [-0.1, -0.05) is 12.1 Å². The molecular weight excluding hydrogens is 312 g/mol. The third kappa shape index (κ3) is 3.08. The molecule has 0 fully saturated rings. The topological polar surface area (TPSA) is 63.2 Å². The Kier molecular flexibility index (Phi) is 3.86. The van der Waals surface area contributed by atoms with Gasteiger partial charge in [0.15, 0.2) is 23.0 Å². The molecule has 124 valence electrons. The summed E-state index contributed by atoms with van der Waals surface area (Å²) in [6, 6.07) is 11.2. The van der Waals surface area contributed by atoms with E-state index in [1.807, 2.05) is 36.4 Å². The molecule has 0 N–H and O–H groups in total. The molecule has 2 aliphatic heterocycles. The van der Waals surface area contributed by atoms with Gasteiger partial charge >= 0.3 is 5.97 Å². The highest BCUT2D eigenvalue weighted by Crippen LogP contribution is 2.33. The number of esters is 1. The summed E-state index contributed by atoms with van der Waals surface area (Å²) in [5, 5.41) is 0. The van der Waals surface area contributed by atoms with E-state index >= 15 is 0 Å². The average Bonchev–Trinajstić information content (AvgIpc) is 3.25. The number of hydrogen-bond acceptors (Lipinski definition) is 6. The van der Waals surface area contributed by atoms with Crippen LogP contribution in [0.4, 0.5) is 0 Å². The molecule has 0 saturated heterocycles. The zero-order chi connectivity index (χ0) is 16.4. The standard InChI is InChI=1S/C18H16O6/c19-18(6-3-12-1-4-14-16(7-12)23-10-21-14)20-9-13-2-5-15-17(8-13)24-11-22-15/h1-2,4-5,7-8H,3,6,9-11H2. The fourth-order valence-corrected chi connectivity index (χ4v) is 2.61. The van der Waals surface area contributed by atoms with E-state index in [1.54, 1.807) is 0 Å². The molecular formula is C18H16O6. The zero-order valence-electron chi connectivity index (χ0n) is 12.9. The van der Waals surface area contributed by atoms with Crippen LogP contribution in [0.3, 0.4) is 0 Å². The van der Waals surface area contributed by atoms with Crippen LogP contribution in [-0.4, -0.2) is 19.6 Å². The molecule has 0 radical (unpaired) electrons. The molecule has 2 heterocycles. The Hall–Kier alpha value is -2.89. The van der Waals surface area contributed by atoms with Crippen LogP contribution in [0.1, 0.15) is 17.5 Å².